The van der Waals surface area contributed by atoms with Crippen LogP contribution in [-0.4, -0.2) is 26.5 Å². The molecule has 2 aliphatic rings. The first kappa shape index (κ1) is 22.2. The monoisotopic (exact) mass is 419 g/mol. The standard InChI is InChI=1S/C13H19NO.C11H12F2O2/c1-13(2,3)10-5-6-11-12(9-10)15-8-7-14(11)4;1-10(2,3)7-4-5-8-9(6-7)15-11(12,13)14-8/h5-6,9H,7-8H2,1-4H3;4-6H,1-3H3. The van der Waals surface area contributed by atoms with Crippen molar-refractivity contribution >= 4 is 5.69 Å². The van der Waals surface area contributed by atoms with Gasteiger partial charge >= 0.3 is 6.29 Å². The van der Waals surface area contributed by atoms with E-state index in [0.29, 0.717) is 0 Å². The predicted octanol–water partition coefficient (Wildman–Crippen LogP) is 6.12. The first-order valence-corrected chi connectivity index (χ1v) is 10.2. The van der Waals surface area contributed by atoms with Gasteiger partial charge in [-0.3, -0.25) is 0 Å². The summed E-state index contributed by atoms with van der Waals surface area (Å²) < 4.78 is 39.8. The van der Waals surface area contributed by atoms with Gasteiger partial charge in [0.15, 0.2) is 11.5 Å². The number of likely N-dealkylation sites (N-methyl/N-ethyl adjacent to an activating group) is 1. The van der Waals surface area contributed by atoms with Gasteiger partial charge in [-0.2, -0.15) is 0 Å². The van der Waals surface area contributed by atoms with E-state index in [0.717, 1.165) is 24.5 Å². The van der Waals surface area contributed by atoms with Crippen molar-refractivity contribution < 1.29 is 23.0 Å². The Labute approximate surface area is 177 Å². The van der Waals surface area contributed by atoms with E-state index in [1.807, 2.05) is 20.8 Å². The number of ether oxygens (including phenoxy) is 3. The van der Waals surface area contributed by atoms with Gasteiger partial charge in [-0.25, -0.2) is 0 Å². The molecule has 2 aromatic carbocycles. The highest BCUT2D eigenvalue weighted by Gasteiger charge is 2.43. The Balaban J connectivity index is 0.000000171. The quantitative estimate of drug-likeness (QED) is 0.515. The number of hydrogen-bond donors (Lipinski definition) is 0. The summed E-state index contributed by atoms with van der Waals surface area (Å²) in [6.07, 6.45) is -3.53. The minimum atomic E-state index is -3.53. The van der Waals surface area contributed by atoms with Gasteiger partial charge in [-0.15, -0.1) is 8.78 Å². The highest BCUT2D eigenvalue weighted by molar-refractivity contribution is 5.61. The number of anilines is 1. The lowest BCUT2D eigenvalue weighted by molar-refractivity contribution is -0.286. The molecule has 0 atom stereocenters. The second-order valence-electron chi connectivity index (χ2n) is 9.78. The summed E-state index contributed by atoms with van der Waals surface area (Å²) in [6.45, 7) is 14.4. The molecular formula is C24H31F2NO3. The highest BCUT2D eigenvalue weighted by Crippen LogP contribution is 2.42. The summed E-state index contributed by atoms with van der Waals surface area (Å²) in [6, 6.07) is 11.4. The summed E-state index contributed by atoms with van der Waals surface area (Å²) in [4.78, 5) is 2.24. The Morgan fingerprint density at radius 1 is 0.800 bits per heavy atom. The first-order chi connectivity index (χ1) is 13.8. The van der Waals surface area contributed by atoms with Crippen LogP contribution >= 0.6 is 0 Å². The van der Waals surface area contributed by atoms with Crippen LogP contribution in [0.25, 0.3) is 0 Å². The zero-order valence-electron chi connectivity index (χ0n) is 18.8. The molecule has 0 fully saturated rings. The molecule has 0 saturated carbocycles. The summed E-state index contributed by atoms with van der Waals surface area (Å²) in [5, 5.41) is 0. The van der Waals surface area contributed by atoms with Gasteiger partial charge in [0.25, 0.3) is 0 Å². The Morgan fingerprint density at radius 3 is 1.93 bits per heavy atom. The van der Waals surface area contributed by atoms with E-state index in [-0.39, 0.29) is 22.3 Å². The Bertz CT molecular complexity index is 914. The molecule has 0 aromatic heterocycles. The predicted molar refractivity (Wildman–Crippen MR) is 115 cm³/mol. The number of nitrogens with zero attached hydrogens (tertiary/aromatic N) is 1. The molecule has 164 valence electrons. The van der Waals surface area contributed by atoms with E-state index in [9.17, 15) is 8.78 Å². The van der Waals surface area contributed by atoms with Crippen molar-refractivity contribution in [3.05, 3.63) is 47.5 Å². The van der Waals surface area contributed by atoms with E-state index in [1.165, 1.54) is 17.3 Å². The fourth-order valence-electron chi connectivity index (χ4n) is 3.24. The number of benzene rings is 2. The van der Waals surface area contributed by atoms with Crippen LogP contribution in [0.2, 0.25) is 0 Å². The van der Waals surface area contributed by atoms with Gasteiger partial charge in [0.05, 0.1) is 12.2 Å². The van der Waals surface area contributed by atoms with E-state index in [4.69, 9.17) is 4.74 Å². The Morgan fingerprint density at radius 2 is 1.33 bits per heavy atom. The molecule has 30 heavy (non-hydrogen) atoms. The van der Waals surface area contributed by atoms with Crippen LogP contribution in [0.1, 0.15) is 52.7 Å². The van der Waals surface area contributed by atoms with Crippen molar-refractivity contribution in [2.24, 2.45) is 0 Å². The third kappa shape index (κ3) is 4.97. The third-order valence-electron chi connectivity index (χ3n) is 5.19. The van der Waals surface area contributed by atoms with Crippen LogP contribution in [0.4, 0.5) is 14.5 Å². The highest BCUT2D eigenvalue weighted by atomic mass is 19.3. The maximum Gasteiger partial charge on any atom is 0.586 e. The van der Waals surface area contributed by atoms with Crippen LogP contribution in [0.3, 0.4) is 0 Å². The molecule has 0 bridgehead atoms. The van der Waals surface area contributed by atoms with Gasteiger partial charge < -0.3 is 19.1 Å². The van der Waals surface area contributed by atoms with Crippen LogP contribution in [0.15, 0.2) is 36.4 Å². The SMILES string of the molecule is CC(C)(C)c1ccc2c(c1)OC(F)(F)O2.CN1CCOc2cc(C(C)(C)C)ccc21. The van der Waals surface area contributed by atoms with Gasteiger partial charge in [-0.05, 0) is 46.2 Å². The number of alkyl halides is 2. The summed E-state index contributed by atoms with van der Waals surface area (Å²) in [5.74, 6) is 1.22. The van der Waals surface area contributed by atoms with Gasteiger partial charge in [0, 0.05) is 7.05 Å². The largest absolute Gasteiger partial charge is 0.586 e. The zero-order chi connectivity index (χ0) is 22.3. The number of halogens is 2. The van der Waals surface area contributed by atoms with Crippen molar-refractivity contribution in [1.29, 1.82) is 0 Å². The molecule has 0 spiro atoms. The first-order valence-electron chi connectivity index (χ1n) is 10.2. The number of hydrogen-bond acceptors (Lipinski definition) is 4. The summed E-state index contributed by atoms with van der Waals surface area (Å²) in [5.41, 5.74) is 3.55. The van der Waals surface area contributed by atoms with Gasteiger partial charge in [0.2, 0.25) is 0 Å². The van der Waals surface area contributed by atoms with Crippen LogP contribution < -0.4 is 19.1 Å². The van der Waals surface area contributed by atoms with Gasteiger partial charge in [-0.1, -0.05) is 53.7 Å². The molecule has 0 saturated heterocycles. The van der Waals surface area contributed by atoms with Crippen molar-refractivity contribution in [3.63, 3.8) is 0 Å². The van der Waals surface area contributed by atoms with Crippen molar-refractivity contribution in [2.45, 2.75) is 58.7 Å². The van der Waals surface area contributed by atoms with Crippen molar-refractivity contribution in [2.75, 3.05) is 25.1 Å². The Hall–Kier alpha value is -2.50. The number of fused-ring (bicyclic) bond motifs is 2. The molecule has 0 aliphatic carbocycles. The molecule has 4 rings (SSSR count). The fourth-order valence-corrected chi connectivity index (χ4v) is 3.24. The maximum absolute atomic E-state index is 12.7. The Kier molecular flexibility index (Phi) is 5.65. The summed E-state index contributed by atoms with van der Waals surface area (Å²) >= 11 is 0. The fraction of sp³-hybridized carbons (Fsp3) is 0.500. The summed E-state index contributed by atoms with van der Waals surface area (Å²) in [7, 11) is 2.11. The van der Waals surface area contributed by atoms with Crippen molar-refractivity contribution in [1.82, 2.24) is 0 Å². The van der Waals surface area contributed by atoms with E-state index < -0.39 is 6.29 Å². The average Bonchev–Trinajstić information content (AvgIpc) is 2.93. The molecule has 0 N–H and O–H groups in total. The molecule has 2 aliphatic heterocycles. The van der Waals surface area contributed by atoms with Crippen LogP contribution in [0, 0.1) is 0 Å². The molecule has 0 unspecified atom stereocenters. The number of rotatable bonds is 0. The average molecular weight is 420 g/mol. The van der Waals surface area contributed by atoms with E-state index in [1.54, 1.807) is 12.1 Å². The second kappa shape index (κ2) is 7.64. The van der Waals surface area contributed by atoms with Crippen LogP contribution in [-0.2, 0) is 10.8 Å². The lowest BCUT2D eigenvalue weighted by atomic mass is 9.86. The van der Waals surface area contributed by atoms with Crippen LogP contribution in [0.5, 0.6) is 17.2 Å². The minimum Gasteiger partial charge on any atom is -0.490 e. The zero-order valence-corrected chi connectivity index (χ0v) is 18.8. The normalized spacial score (nSPS) is 16.9. The third-order valence-corrected chi connectivity index (χ3v) is 5.19. The minimum absolute atomic E-state index is 0.0907. The molecule has 2 heterocycles. The van der Waals surface area contributed by atoms with E-state index in [2.05, 4.69) is 60.4 Å². The maximum atomic E-state index is 12.7. The molecule has 6 heteroatoms. The second-order valence-corrected chi connectivity index (χ2v) is 9.78. The topological polar surface area (TPSA) is 30.9 Å². The molecule has 0 radical (unpaired) electrons. The smallest absolute Gasteiger partial charge is 0.490 e. The van der Waals surface area contributed by atoms with Gasteiger partial charge in [0.1, 0.15) is 12.4 Å². The van der Waals surface area contributed by atoms with E-state index >= 15 is 0 Å². The molecule has 0 amide bonds. The molecule has 4 nitrogen and oxygen atoms in total. The lowest BCUT2D eigenvalue weighted by Gasteiger charge is -2.29. The van der Waals surface area contributed by atoms with Crippen molar-refractivity contribution in [3.8, 4) is 17.2 Å². The lowest BCUT2D eigenvalue weighted by Crippen LogP contribution is -2.29. The molecule has 2 aromatic rings. The molecular weight excluding hydrogens is 388 g/mol.